The summed E-state index contributed by atoms with van der Waals surface area (Å²) in [4.78, 5) is 0. The second kappa shape index (κ2) is 6.12. The van der Waals surface area contributed by atoms with Gasteiger partial charge >= 0.3 is 0 Å². The van der Waals surface area contributed by atoms with Crippen LogP contribution in [0.25, 0.3) is 0 Å². The van der Waals surface area contributed by atoms with E-state index < -0.39 is 0 Å². The van der Waals surface area contributed by atoms with E-state index in [1.807, 2.05) is 25.1 Å². The molecular formula is C10H15Cl2NO. The summed E-state index contributed by atoms with van der Waals surface area (Å²) in [5.41, 5.74) is 6.83. The molecule has 0 amide bonds. The molecule has 2 nitrogen and oxygen atoms in total. The van der Waals surface area contributed by atoms with Crippen LogP contribution in [0, 0.1) is 0 Å². The van der Waals surface area contributed by atoms with Crippen molar-refractivity contribution in [3.63, 3.8) is 0 Å². The molecule has 1 rings (SSSR count). The molecule has 0 fully saturated rings. The van der Waals surface area contributed by atoms with Gasteiger partial charge < -0.3 is 10.5 Å². The third-order valence-corrected chi connectivity index (χ3v) is 2.39. The van der Waals surface area contributed by atoms with E-state index in [1.54, 1.807) is 7.11 Å². The molecule has 0 saturated heterocycles. The van der Waals surface area contributed by atoms with Crippen LogP contribution in [0.5, 0.6) is 5.75 Å². The van der Waals surface area contributed by atoms with Crippen LogP contribution >= 0.6 is 24.0 Å². The lowest BCUT2D eigenvalue weighted by molar-refractivity contribution is 0.413. The molecule has 0 heterocycles. The lowest BCUT2D eigenvalue weighted by Crippen LogP contribution is -2.09. The standard InChI is InChI=1S/C10H14ClNO.ClH/c1-3-10(12)8-6-7(13-2)4-5-9(8)11;/h4-6,10H,3,12H2,1-2H3;1H. The second-order valence-corrected chi connectivity index (χ2v) is 3.31. The summed E-state index contributed by atoms with van der Waals surface area (Å²) in [7, 11) is 1.63. The average Bonchev–Trinajstić information content (AvgIpc) is 2.17. The lowest BCUT2D eigenvalue weighted by atomic mass is 10.1. The number of methoxy groups -OCH3 is 1. The highest BCUT2D eigenvalue weighted by Gasteiger charge is 2.08. The fourth-order valence-electron chi connectivity index (χ4n) is 1.15. The van der Waals surface area contributed by atoms with Gasteiger partial charge in [0.25, 0.3) is 0 Å². The number of halogens is 2. The molecule has 1 unspecified atom stereocenters. The third kappa shape index (κ3) is 3.05. The molecule has 1 aromatic carbocycles. The molecule has 2 N–H and O–H groups in total. The minimum Gasteiger partial charge on any atom is -0.497 e. The highest BCUT2D eigenvalue weighted by molar-refractivity contribution is 6.31. The molecule has 0 aromatic heterocycles. The Balaban J connectivity index is 0.00000169. The Labute approximate surface area is 95.8 Å². The Kier molecular flexibility index (Phi) is 5.93. The van der Waals surface area contributed by atoms with Crippen LogP contribution in [0.4, 0.5) is 0 Å². The van der Waals surface area contributed by atoms with Crippen molar-refractivity contribution >= 4 is 24.0 Å². The summed E-state index contributed by atoms with van der Waals surface area (Å²) < 4.78 is 5.09. The molecule has 0 spiro atoms. The molecule has 14 heavy (non-hydrogen) atoms. The van der Waals surface area contributed by atoms with Crippen LogP contribution in [0.1, 0.15) is 24.9 Å². The summed E-state index contributed by atoms with van der Waals surface area (Å²) in [6, 6.07) is 5.51. The van der Waals surface area contributed by atoms with E-state index in [9.17, 15) is 0 Å². The van der Waals surface area contributed by atoms with E-state index in [1.165, 1.54) is 0 Å². The van der Waals surface area contributed by atoms with Gasteiger partial charge in [-0.05, 0) is 30.2 Å². The summed E-state index contributed by atoms with van der Waals surface area (Å²) >= 11 is 5.99. The van der Waals surface area contributed by atoms with E-state index in [0.29, 0.717) is 5.02 Å². The van der Waals surface area contributed by atoms with E-state index in [2.05, 4.69) is 0 Å². The summed E-state index contributed by atoms with van der Waals surface area (Å²) in [6.07, 6.45) is 0.868. The summed E-state index contributed by atoms with van der Waals surface area (Å²) in [5.74, 6) is 0.795. The maximum Gasteiger partial charge on any atom is 0.119 e. The van der Waals surface area contributed by atoms with Crippen molar-refractivity contribution in [3.05, 3.63) is 28.8 Å². The SMILES string of the molecule is CCC(N)c1cc(OC)ccc1Cl.Cl. The minimum atomic E-state index is -0.0115. The zero-order valence-electron chi connectivity index (χ0n) is 8.29. The quantitative estimate of drug-likeness (QED) is 0.874. The van der Waals surface area contributed by atoms with Gasteiger partial charge in [-0.2, -0.15) is 0 Å². The summed E-state index contributed by atoms with van der Waals surface area (Å²) in [6.45, 7) is 2.03. The molecule has 0 radical (unpaired) electrons. The van der Waals surface area contributed by atoms with Crippen molar-refractivity contribution in [2.75, 3.05) is 7.11 Å². The van der Waals surface area contributed by atoms with Crippen LogP contribution in [0.15, 0.2) is 18.2 Å². The Bertz CT molecular complexity index is 291. The number of hydrogen-bond donors (Lipinski definition) is 1. The number of benzene rings is 1. The largest absolute Gasteiger partial charge is 0.497 e. The molecule has 0 aliphatic carbocycles. The van der Waals surface area contributed by atoms with Gasteiger partial charge in [-0.25, -0.2) is 0 Å². The first kappa shape index (κ1) is 13.6. The molecule has 1 atom stereocenters. The van der Waals surface area contributed by atoms with Crippen LogP contribution in [-0.4, -0.2) is 7.11 Å². The predicted octanol–water partition coefficient (Wildman–Crippen LogP) is 3.18. The molecule has 1 aromatic rings. The van der Waals surface area contributed by atoms with E-state index >= 15 is 0 Å². The van der Waals surface area contributed by atoms with Crippen molar-refractivity contribution in [3.8, 4) is 5.75 Å². The van der Waals surface area contributed by atoms with E-state index in [4.69, 9.17) is 22.1 Å². The Hall–Kier alpha value is -0.440. The van der Waals surface area contributed by atoms with Crippen molar-refractivity contribution in [1.82, 2.24) is 0 Å². The first-order valence-electron chi connectivity index (χ1n) is 4.28. The second-order valence-electron chi connectivity index (χ2n) is 2.90. The fourth-order valence-corrected chi connectivity index (χ4v) is 1.41. The van der Waals surface area contributed by atoms with Crippen molar-refractivity contribution in [1.29, 1.82) is 0 Å². The summed E-state index contributed by atoms with van der Waals surface area (Å²) in [5, 5.41) is 0.704. The van der Waals surface area contributed by atoms with E-state index in [-0.39, 0.29) is 18.4 Å². The number of ether oxygens (including phenoxy) is 1. The van der Waals surface area contributed by atoms with Gasteiger partial charge in [0.1, 0.15) is 5.75 Å². The van der Waals surface area contributed by atoms with Crippen molar-refractivity contribution < 1.29 is 4.74 Å². The van der Waals surface area contributed by atoms with Gasteiger partial charge in [-0.1, -0.05) is 18.5 Å². The molecule has 0 aliphatic heterocycles. The Morgan fingerprint density at radius 3 is 2.64 bits per heavy atom. The van der Waals surface area contributed by atoms with Crippen molar-refractivity contribution in [2.45, 2.75) is 19.4 Å². The normalized spacial score (nSPS) is 11.7. The highest BCUT2D eigenvalue weighted by Crippen LogP contribution is 2.27. The van der Waals surface area contributed by atoms with Crippen molar-refractivity contribution in [2.24, 2.45) is 5.73 Å². The van der Waals surface area contributed by atoms with Gasteiger partial charge in [-0.15, -0.1) is 12.4 Å². The van der Waals surface area contributed by atoms with Crippen LogP contribution in [0.3, 0.4) is 0 Å². The van der Waals surface area contributed by atoms with Gasteiger partial charge in [-0.3, -0.25) is 0 Å². The predicted molar refractivity (Wildman–Crippen MR) is 62.5 cm³/mol. The third-order valence-electron chi connectivity index (χ3n) is 2.04. The first-order chi connectivity index (χ1) is 6.19. The Morgan fingerprint density at radius 2 is 2.14 bits per heavy atom. The first-order valence-corrected chi connectivity index (χ1v) is 4.65. The molecule has 80 valence electrons. The van der Waals surface area contributed by atoms with Crippen LogP contribution in [-0.2, 0) is 0 Å². The lowest BCUT2D eigenvalue weighted by Gasteiger charge is -2.12. The maximum absolute atomic E-state index is 5.99. The average molecular weight is 236 g/mol. The van der Waals surface area contributed by atoms with Gasteiger partial charge in [0.2, 0.25) is 0 Å². The Morgan fingerprint density at radius 1 is 1.50 bits per heavy atom. The van der Waals surface area contributed by atoms with Gasteiger partial charge in [0.05, 0.1) is 7.11 Å². The zero-order chi connectivity index (χ0) is 9.84. The zero-order valence-corrected chi connectivity index (χ0v) is 9.86. The minimum absolute atomic E-state index is 0. The maximum atomic E-state index is 5.99. The van der Waals surface area contributed by atoms with Gasteiger partial charge in [0.15, 0.2) is 0 Å². The number of rotatable bonds is 3. The molecule has 0 bridgehead atoms. The van der Waals surface area contributed by atoms with Crippen LogP contribution in [0.2, 0.25) is 5.02 Å². The highest BCUT2D eigenvalue weighted by atomic mass is 35.5. The molecule has 4 heteroatoms. The smallest absolute Gasteiger partial charge is 0.119 e. The topological polar surface area (TPSA) is 35.2 Å². The fraction of sp³-hybridized carbons (Fsp3) is 0.400. The number of nitrogens with two attached hydrogens (primary N) is 1. The van der Waals surface area contributed by atoms with Gasteiger partial charge in [0, 0.05) is 11.1 Å². The molecule has 0 saturated carbocycles. The van der Waals surface area contributed by atoms with Crippen LogP contribution < -0.4 is 10.5 Å². The number of hydrogen-bond acceptors (Lipinski definition) is 2. The monoisotopic (exact) mass is 235 g/mol. The molecular weight excluding hydrogens is 221 g/mol. The molecule has 0 aliphatic rings. The van der Waals surface area contributed by atoms with E-state index in [0.717, 1.165) is 17.7 Å².